The fraction of sp³-hybridized carbons (Fsp3) is 0.185. The molecule has 1 amide bonds. The Bertz CT molecular complexity index is 1200. The van der Waals surface area contributed by atoms with Gasteiger partial charge in [-0.05, 0) is 42.7 Å². The largest absolute Gasteiger partial charge is 0.497 e. The van der Waals surface area contributed by atoms with Gasteiger partial charge < -0.3 is 14.8 Å². The fourth-order valence-corrected chi connectivity index (χ4v) is 3.68. The molecule has 1 aromatic heterocycles. The minimum atomic E-state index is -0.168. The number of aryl methyl sites for hydroxylation is 1. The van der Waals surface area contributed by atoms with Gasteiger partial charge in [0.2, 0.25) is 0 Å². The molecule has 0 saturated heterocycles. The van der Waals surface area contributed by atoms with E-state index < -0.39 is 0 Å². The Labute approximate surface area is 193 Å². The Hall–Kier alpha value is -4.06. The summed E-state index contributed by atoms with van der Waals surface area (Å²) < 4.78 is 12.6. The van der Waals surface area contributed by atoms with Crippen molar-refractivity contribution in [1.29, 1.82) is 0 Å². The highest BCUT2D eigenvalue weighted by Gasteiger charge is 2.21. The van der Waals surface area contributed by atoms with E-state index in [0.717, 1.165) is 24.1 Å². The van der Waals surface area contributed by atoms with Crippen molar-refractivity contribution < 1.29 is 14.3 Å². The zero-order valence-electron chi connectivity index (χ0n) is 18.8. The van der Waals surface area contributed by atoms with Gasteiger partial charge in [-0.2, -0.15) is 5.10 Å². The van der Waals surface area contributed by atoms with Crippen molar-refractivity contribution in [2.75, 3.05) is 20.8 Å². The van der Waals surface area contributed by atoms with Crippen LogP contribution in [0.15, 0.2) is 85.1 Å². The smallest absolute Gasteiger partial charge is 0.255 e. The standard InChI is InChI=1S/C27H27N3O3/c1-32-22-15-16-23(25(18-22)33-2)26-24(19-30(29-26)21-13-7-4-8-14-21)27(31)28-17-9-12-20-10-5-3-6-11-20/h3-8,10-11,13-16,18-19H,9,12,17H2,1-2H3,(H,28,31). The maximum absolute atomic E-state index is 13.2. The highest BCUT2D eigenvalue weighted by atomic mass is 16.5. The van der Waals surface area contributed by atoms with Crippen molar-refractivity contribution in [3.8, 4) is 28.4 Å². The van der Waals surface area contributed by atoms with E-state index in [1.807, 2.05) is 60.7 Å². The van der Waals surface area contributed by atoms with Crippen molar-refractivity contribution in [1.82, 2.24) is 15.1 Å². The second-order valence-electron chi connectivity index (χ2n) is 7.58. The van der Waals surface area contributed by atoms with Crippen LogP contribution in [-0.2, 0) is 6.42 Å². The van der Waals surface area contributed by atoms with Gasteiger partial charge in [0.1, 0.15) is 17.2 Å². The number of carbonyl (C=O) groups excluding carboxylic acids is 1. The van der Waals surface area contributed by atoms with E-state index in [-0.39, 0.29) is 5.91 Å². The predicted molar refractivity (Wildman–Crippen MR) is 129 cm³/mol. The van der Waals surface area contributed by atoms with Crippen LogP contribution in [0.25, 0.3) is 16.9 Å². The van der Waals surface area contributed by atoms with Gasteiger partial charge in [-0.3, -0.25) is 4.79 Å². The molecule has 0 spiro atoms. The minimum Gasteiger partial charge on any atom is -0.497 e. The molecule has 0 aliphatic heterocycles. The second-order valence-corrected chi connectivity index (χ2v) is 7.58. The van der Waals surface area contributed by atoms with Gasteiger partial charge in [0.15, 0.2) is 0 Å². The molecule has 4 aromatic rings. The van der Waals surface area contributed by atoms with Gasteiger partial charge in [0.05, 0.1) is 25.5 Å². The van der Waals surface area contributed by atoms with Crippen molar-refractivity contribution in [2.24, 2.45) is 0 Å². The van der Waals surface area contributed by atoms with Crippen molar-refractivity contribution in [3.63, 3.8) is 0 Å². The molecule has 0 unspecified atom stereocenters. The number of nitrogens with zero attached hydrogens (tertiary/aromatic N) is 2. The summed E-state index contributed by atoms with van der Waals surface area (Å²) in [5.74, 6) is 1.09. The lowest BCUT2D eigenvalue weighted by Crippen LogP contribution is -2.25. The Kier molecular flexibility index (Phi) is 7.05. The van der Waals surface area contributed by atoms with Gasteiger partial charge in [-0.25, -0.2) is 4.68 Å². The number of ether oxygens (including phenoxy) is 2. The summed E-state index contributed by atoms with van der Waals surface area (Å²) in [5.41, 5.74) is 3.89. The number of nitrogens with one attached hydrogen (secondary N) is 1. The van der Waals surface area contributed by atoms with E-state index in [0.29, 0.717) is 29.3 Å². The van der Waals surface area contributed by atoms with Crippen LogP contribution in [0.5, 0.6) is 11.5 Å². The highest BCUT2D eigenvalue weighted by Crippen LogP contribution is 2.34. The first kappa shape index (κ1) is 22.1. The van der Waals surface area contributed by atoms with Crippen LogP contribution in [0.1, 0.15) is 22.3 Å². The summed E-state index contributed by atoms with van der Waals surface area (Å²) in [6, 6.07) is 25.5. The molecule has 1 N–H and O–H groups in total. The maximum Gasteiger partial charge on any atom is 0.255 e. The molecule has 33 heavy (non-hydrogen) atoms. The van der Waals surface area contributed by atoms with Gasteiger partial charge in [0, 0.05) is 24.4 Å². The molecule has 0 saturated carbocycles. The average Bonchev–Trinajstić information content (AvgIpc) is 3.32. The Morgan fingerprint density at radius 2 is 1.67 bits per heavy atom. The Balaban J connectivity index is 1.60. The Morgan fingerprint density at radius 3 is 2.36 bits per heavy atom. The molecule has 6 nitrogen and oxygen atoms in total. The predicted octanol–water partition coefficient (Wildman–Crippen LogP) is 4.92. The SMILES string of the molecule is COc1ccc(-c2nn(-c3ccccc3)cc2C(=O)NCCCc2ccccc2)c(OC)c1. The summed E-state index contributed by atoms with van der Waals surface area (Å²) in [4.78, 5) is 13.2. The lowest BCUT2D eigenvalue weighted by atomic mass is 10.1. The molecule has 0 aliphatic rings. The van der Waals surface area contributed by atoms with Crippen molar-refractivity contribution in [2.45, 2.75) is 12.8 Å². The first-order valence-electron chi connectivity index (χ1n) is 10.9. The van der Waals surface area contributed by atoms with Gasteiger partial charge >= 0.3 is 0 Å². The van der Waals surface area contributed by atoms with Crippen LogP contribution in [-0.4, -0.2) is 36.5 Å². The molecule has 0 aliphatic carbocycles. The number of para-hydroxylation sites is 1. The first-order chi connectivity index (χ1) is 16.2. The third kappa shape index (κ3) is 5.23. The van der Waals surface area contributed by atoms with Gasteiger partial charge in [-0.15, -0.1) is 0 Å². The van der Waals surface area contributed by atoms with E-state index in [4.69, 9.17) is 14.6 Å². The molecule has 0 atom stereocenters. The molecular weight excluding hydrogens is 414 g/mol. The van der Waals surface area contributed by atoms with Crippen molar-refractivity contribution >= 4 is 5.91 Å². The summed E-state index contributed by atoms with van der Waals surface area (Å²) in [6.45, 7) is 0.573. The summed E-state index contributed by atoms with van der Waals surface area (Å²) >= 11 is 0. The molecule has 0 bridgehead atoms. The van der Waals surface area contributed by atoms with Crippen LogP contribution in [0.3, 0.4) is 0 Å². The first-order valence-corrected chi connectivity index (χ1v) is 10.9. The molecule has 6 heteroatoms. The molecular formula is C27H27N3O3. The zero-order valence-corrected chi connectivity index (χ0v) is 18.8. The molecule has 0 fully saturated rings. The van der Waals surface area contributed by atoms with Crippen LogP contribution < -0.4 is 14.8 Å². The lowest BCUT2D eigenvalue weighted by molar-refractivity contribution is 0.0954. The number of methoxy groups -OCH3 is 2. The van der Waals surface area contributed by atoms with E-state index in [9.17, 15) is 4.79 Å². The minimum absolute atomic E-state index is 0.168. The zero-order chi connectivity index (χ0) is 23.0. The van der Waals surface area contributed by atoms with E-state index in [2.05, 4.69) is 17.4 Å². The number of aromatic nitrogens is 2. The van der Waals surface area contributed by atoms with Crippen LogP contribution in [0.2, 0.25) is 0 Å². The second kappa shape index (κ2) is 10.5. The van der Waals surface area contributed by atoms with Gasteiger partial charge in [0.25, 0.3) is 5.91 Å². The van der Waals surface area contributed by atoms with E-state index >= 15 is 0 Å². The third-order valence-electron chi connectivity index (χ3n) is 5.41. The monoisotopic (exact) mass is 441 g/mol. The lowest BCUT2D eigenvalue weighted by Gasteiger charge is -2.10. The summed E-state index contributed by atoms with van der Waals surface area (Å²) in [6.07, 6.45) is 3.52. The number of hydrogen-bond donors (Lipinski definition) is 1. The summed E-state index contributed by atoms with van der Waals surface area (Å²) in [7, 11) is 3.20. The number of carbonyl (C=O) groups is 1. The van der Waals surface area contributed by atoms with E-state index in [1.165, 1.54) is 5.56 Å². The number of amides is 1. The van der Waals surface area contributed by atoms with Crippen LogP contribution in [0.4, 0.5) is 0 Å². The number of benzene rings is 3. The Morgan fingerprint density at radius 1 is 0.939 bits per heavy atom. The third-order valence-corrected chi connectivity index (χ3v) is 5.41. The van der Waals surface area contributed by atoms with Crippen LogP contribution in [0, 0.1) is 0 Å². The molecule has 0 radical (unpaired) electrons. The van der Waals surface area contributed by atoms with Crippen LogP contribution >= 0.6 is 0 Å². The maximum atomic E-state index is 13.2. The quantitative estimate of drug-likeness (QED) is 0.375. The number of rotatable bonds is 9. The number of hydrogen-bond acceptors (Lipinski definition) is 4. The van der Waals surface area contributed by atoms with Gasteiger partial charge in [-0.1, -0.05) is 48.5 Å². The molecule has 168 valence electrons. The fourth-order valence-electron chi connectivity index (χ4n) is 3.68. The normalized spacial score (nSPS) is 10.6. The van der Waals surface area contributed by atoms with Crippen molar-refractivity contribution in [3.05, 3.63) is 96.2 Å². The topological polar surface area (TPSA) is 65.4 Å². The van der Waals surface area contributed by atoms with E-state index in [1.54, 1.807) is 31.2 Å². The summed E-state index contributed by atoms with van der Waals surface area (Å²) in [5, 5.41) is 7.79. The highest BCUT2D eigenvalue weighted by molar-refractivity contribution is 6.00. The average molecular weight is 442 g/mol. The molecule has 1 heterocycles. The molecule has 4 rings (SSSR count). The molecule has 3 aromatic carbocycles.